The van der Waals surface area contributed by atoms with Crippen molar-refractivity contribution in [2.75, 3.05) is 19.6 Å². The van der Waals surface area contributed by atoms with Gasteiger partial charge in [0.15, 0.2) is 0 Å². The maximum Gasteiger partial charge on any atom is 0.273 e. The van der Waals surface area contributed by atoms with E-state index in [1.165, 1.54) is 6.07 Å². The van der Waals surface area contributed by atoms with Crippen molar-refractivity contribution < 1.29 is 14.5 Å². The maximum atomic E-state index is 12.9. The summed E-state index contributed by atoms with van der Waals surface area (Å²) in [5, 5.41) is 14.1. The van der Waals surface area contributed by atoms with Crippen LogP contribution in [0.25, 0.3) is 0 Å². The van der Waals surface area contributed by atoms with Gasteiger partial charge in [0, 0.05) is 49.3 Å². The summed E-state index contributed by atoms with van der Waals surface area (Å²) in [5.41, 5.74) is 6.27. The Kier molecular flexibility index (Phi) is 9.17. The van der Waals surface area contributed by atoms with Crippen molar-refractivity contribution in [1.29, 1.82) is 0 Å². The number of halogens is 1. The van der Waals surface area contributed by atoms with Gasteiger partial charge in [-0.2, -0.15) is 0 Å². The average Bonchev–Trinajstić information content (AvgIpc) is 2.65. The predicted octanol–water partition coefficient (Wildman–Crippen LogP) is 2.04. The number of piperidine rings is 1. The lowest BCUT2D eigenvalue weighted by Gasteiger charge is -2.36. The van der Waals surface area contributed by atoms with Crippen LogP contribution in [0.2, 0.25) is 0 Å². The molecule has 2 rings (SSSR count). The fourth-order valence-corrected chi connectivity index (χ4v) is 3.26. The molecule has 27 heavy (non-hydrogen) atoms. The van der Waals surface area contributed by atoms with E-state index < -0.39 is 4.92 Å². The van der Waals surface area contributed by atoms with Crippen molar-refractivity contribution in [3.8, 4) is 0 Å². The molecule has 3 N–H and O–H groups in total. The van der Waals surface area contributed by atoms with Crippen LogP contribution < -0.4 is 11.1 Å². The van der Waals surface area contributed by atoms with E-state index >= 15 is 0 Å². The van der Waals surface area contributed by atoms with E-state index in [-0.39, 0.29) is 48.9 Å². The van der Waals surface area contributed by atoms with Crippen LogP contribution in [0, 0.1) is 10.1 Å². The molecule has 1 atom stereocenters. The molecule has 1 heterocycles. The van der Waals surface area contributed by atoms with Crippen molar-refractivity contribution >= 4 is 29.9 Å². The van der Waals surface area contributed by atoms with Crippen LogP contribution in [-0.2, 0) is 11.2 Å². The van der Waals surface area contributed by atoms with Crippen LogP contribution >= 0.6 is 12.4 Å². The minimum Gasteiger partial charge on any atom is -0.354 e. The van der Waals surface area contributed by atoms with Gasteiger partial charge in [-0.25, -0.2) is 0 Å². The lowest BCUT2D eigenvalue weighted by atomic mass is 9.99. The SMILES string of the molecule is CCc1ccc(C(=O)N2CCCCC2CNC(=O)CCN)cc1[N+](=O)[O-].Cl. The Morgan fingerprint density at radius 3 is 2.74 bits per heavy atom. The zero-order chi connectivity index (χ0) is 19.1. The fourth-order valence-electron chi connectivity index (χ4n) is 3.26. The molecule has 1 aromatic carbocycles. The first kappa shape index (κ1) is 22.9. The van der Waals surface area contributed by atoms with Crippen molar-refractivity contribution in [3.05, 3.63) is 39.4 Å². The normalized spacial score (nSPS) is 16.4. The fraction of sp³-hybridized carbons (Fsp3) is 0.556. The maximum absolute atomic E-state index is 12.9. The lowest BCUT2D eigenvalue weighted by molar-refractivity contribution is -0.385. The standard InChI is InChI=1S/C18H26N4O4.ClH/c1-2-13-6-7-14(11-16(13)22(25)26)18(24)21-10-4-3-5-15(21)12-20-17(23)8-9-19;/h6-7,11,15H,2-5,8-10,12,19H2,1H3,(H,20,23);1H. The third-order valence-electron chi connectivity index (χ3n) is 4.70. The van der Waals surface area contributed by atoms with Gasteiger partial charge in [0.05, 0.1) is 4.92 Å². The number of carbonyl (C=O) groups is 2. The molecule has 1 aliphatic rings. The number of rotatable bonds is 7. The van der Waals surface area contributed by atoms with Gasteiger partial charge in [-0.05, 0) is 31.7 Å². The Balaban J connectivity index is 0.00000364. The number of hydrogen-bond acceptors (Lipinski definition) is 5. The number of hydrogen-bond donors (Lipinski definition) is 2. The topological polar surface area (TPSA) is 119 Å². The number of carbonyl (C=O) groups excluding carboxylic acids is 2. The molecule has 0 aromatic heterocycles. The first-order valence-corrected chi connectivity index (χ1v) is 9.03. The zero-order valence-electron chi connectivity index (χ0n) is 15.5. The molecule has 0 radical (unpaired) electrons. The molecular weight excluding hydrogens is 372 g/mol. The third kappa shape index (κ3) is 5.90. The van der Waals surface area contributed by atoms with Gasteiger partial charge in [-0.15, -0.1) is 12.4 Å². The molecule has 1 unspecified atom stereocenters. The number of nitrogens with two attached hydrogens (primary N) is 1. The molecule has 1 aromatic rings. The number of nitro benzene ring substituents is 1. The quantitative estimate of drug-likeness (QED) is 0.538. The molecule has 1 fully saturated rings. The van der Waals surface area contributed by atoms with E-state index in [0.29, 0.717) is 30.6 Å². The van der Waals surface area contributed by atoms with Gasteiger partial charge in [0.1, 0.15) is 0 Å². The molecule has 9 heteroatoms. The highest BCUT2D eigenvalue weighted by Crippen LogP contribution is 2.24. The summed E-state index contributed by atoms with van der Waals surface area (Å²) < 4.78 is 0. The van der Waals surface area contributed by atoms with E-state index in [0.717, 1.165) is 19.3 Å². The minimum absolute atomic E-state index is 0. The second-order valence-electron chi connectivity index (χ2n) is 6.45. The number of nitrogens with one attached hydrogen (secondary N) is 1. The molecule has 150 valence electrons. The molecular formula is C18H27ClN4O4. The smallest absolute Gasteiger partial charge is 0.273 e. The predicted molar refractivity (Wildman–Crippen MR) is 105 cm³/mol. The lowest BCUT2D eigenvalue weighted by Crippen LogP contribution is -2.49. The first-order valence-electron chi connectivity index (χ1n) is 9.03. The Morgan fingerprint density at radius 2 is 2.11 bits per heavy atom. The van der Waals surface area contributed by atoms with E-state index in [9.17, 15) is 19.7 Å². The molecule has 0 bridgehead atoms. The van der Waals surface area contributed by atoms with Crippen LogP contribution in [0.4, 0.5) is 5.69 Å². The molecule has 0 saturated carbocycles. The van der Waals surface area contributed by atoms with Gasteiger partial charge in [0.2, 0.25) is 5.91 Å². The monoisotopic (exact) mass is 398 g/mol. The van der Waals surface area contributed by atoms with Crippen LogP contribution in [-0.4, -0.2) is 47.3 Å². The van der Waals surface area contributed by atoms with Crippen LogP contribution in [0.1, 0.15) is 48.5 Å². The highest BCUT2D eigenvalue weighted by Gasteiger charge is 2.29. The largest absolute Gasteiger partial charge is 0.354 e. The van der Waals surface area contributed by atoms with Crippen LogP contribution in [0.15, 0.2) is 18.2 Å². The van der Waals surface area contributed by atoms with Crippen LogP contribution in [0.3, 0.4) is 0 Å². The van der Waals surface area contributed by atoms with Crippen molar-refractivity contribution in [1.82, 2.24) is 10.2 Å². The highest BCUT2D eigenvalue weighted by atomic mass is 35.5. The molecule has 8 nitrogen and oxygen atoms in total. The van der Waals surface area contributed by atoms with Gasteiger partial charge in [0.25, 0.3) is 11.6 Å². The summed E-state index contributed by atoms with van der Waals surface area (Å²) in [4.78, 5) is 37.1. The minimum atomic E-state index is -0.448. The van der Waals surface area contributed by atoms with Gasteiger partial charge >= 0.3 is 0 Å². The van der Waals surface area contributed by atoms with Crippen molar-refractivity contribution in [3.63, 3.8) is 0 Å². The number of nitrogens with zero attached hydrogens (tertiary/aromatic N) is 2. The van der Waals surface area contributed by atoms with Gasteiger partial charge in [-0.3, -0.25) is 19.7 Å². The van der Waals surface area contributed by atoms with Gasteiger partial charge in [-0.1, -0.05) is 13.0 Å². The average molecular weight is 399 g/mol. The van der Waals surface area contributed by atoms with Crippen molar-refractivity contribution in [2.24, 2.45) is 5.73 Å². The Morgan fingerprint density at radius 1 is 1.37 bits per heavy atom. The summed E-state index contributed by atoms with van der Waals surface area (Å²) in [6.45, 7) is 3.08. The van der Waals surface area contributed by atoms with E-state index in [2.05, 4.69) is 5.32 Å². The van der Waals surface area contributed by atoms with E-state index in [1.807, 2.05) is 6.92 Å². The molecule has 0 spiro atoms. The number of nitro groups is 1. The summed E-state index contributed by atoms with van der Waals surface area (Å²) in [6, 6.07) is 4.54. The van der Waals surface area contributed by atoms with Gasteiger partial charge < -0.3 is 16.0 Å². The second kappa shape index (κ2) is 10.8. The summed E-state index contributed by atoms with van der Waals surface area (Å²) in [5.74, 6) is -0.359. The highest BCUT2D eigenvalue weighted by molar-refractivity contribution is 5.95. The number of aryl methyl sites for hydroxylation is 1. The molecule has 0 aliphatic carbocycles. The van der Waals surface area contributed by atoms with Crippen molar-refractivity contribution in [2.45, 2.75) is 45.1 Å². The van der Waals surface area contributed by atoms with E-state index in [4.69, 9.17) is 5.73 Å². The number of amides is 2. The molecule has 1 aliphatic heterocycles. The Hall–Kier alpha value is -2.19. The van der Waals surface area contributed by atoms with E-state index in [1.54, 1.807) is 17.0 Å². The molecule has 2 amide bonds. The second-order valence-corrected chi connectivity index (χ2v) is 6.45. The third-order valence-corrected chi connectivity index (χ3v) is 4.70. The number of benzene rings is 1. The first-order chi connectivity index (χ1) is 12.5. The molecule has 1 saturated heterocycles. The summed E-state index contributed by atoms with van der Waals surface area (Å²) in [7, 11) is 0. The Labute approximate surface area is 165 Å². The summed E-state index contributed by atoms with van der Waals surface area (Å²) in [6.07, 6.45) is 3.45. The number of likely N-dealkylation sites (tertiary alicyclic amines) is 1. The zero-order valence-corrected chi connectivity index (χ0v) is 16.3. The van der Waals surface area contributed by atoms with Crippen LogP contribution in [0.5, 0.6) is 0 Å². The summed E-state index contributed by atoms with van der Waals surface area (Å²) >= 11 is 0. The Bertz CT molecular complexity index is 683.